The standard InChI is InChI=1S/C19H22N2O2/c1-4-16-12-21(17-7-5-6-8-18(17)23-16)19(22)20-15-10-9-13(2)14(3)11-15/h5-11,16H,4,12H2,1-3H3,(H,20,22). The van der Waals surface area contributed by atoms with E-state index in [1.54, 1.807) is 4.90 Å². The van der Waals surface area contributed by atoms with Crippen LogP contribution in [0.2, 0.25) is 0 Å². The number of hydrogen-bond donors (Lipinski definition) is 1. The maximum Gasteiger partial charge on any atom is 0.326 e. The molecule has 0 aliphatic carbocycles. The van der Waals surface area contributed by atoms with Crippen LogP contribution in [-0.2, 0) is 0 Å². The Balaban J connectivity index is 1.84. The van der Waals surface area contributed by atoms with Crippen molar-refractivity contribution in [3.63, 3.8) is 0 Å². The lowest BCUT2D eigenvalue weighted by atomic mass is 10.1. The number of benzene rings is 2. The molecule has 23 heavy (non-hydrogen) atoms. The van der Waals surface area contributed by atoms with Crippen molar-refractivity contribution in [2.45, 2.75) is 33.3 Å². The maximum atomic E-state index is 12.7. The van der Waals surface area contributed by atoms with Crippen molar-refractivity contribution in [3.05, 3.63) is 53.6 Å². The van der Waals surface area contributed by atoms with Crippen LogP contribution in [0.25, 0.3) is 0 Å². The lowest BCUT2D eigenvalue weighted by Crippen LogP contribution is -2.45. The van der Waals surface area contributed by atoms with E-state index in [-0.39, 0.29) is 12.1 Å². The summed E-state index contributed by atoms with van der Waals surface area (Å²) in [6, 6.07) is 13.5. The molecule has 0 radical (unpaired) electrons. The number of hydrogen-bond acceptors (Lipinski definition) is 2. The molecule has 2 aromatic rings. The first kappa shape index (κ1) is 15.4. The first-order valence-electron chi connectivity index (χ1n) is 8.00. The number of ether oxygens (including phenoxy) is 1. The van der Waals surface area contributed by atoms with Gasteiger partial charge in [-0.3, -0.25) is 4.90 Å². The number of carbonyl (C=O) groups is 1. The Labute approximate surface area is 137 Å². The molecule has 2 aromatic carbocycles. The van der Waals surface area contributed by atoms with Gasteiger partial charge in [0.25, 0.3) is 0 Å². The molecular weight excluding hydrogens is 288 g/mol. The minimum Gasteiger partial charge on any atom is -0.486 e. The molecule has 4 heteroatoms. The number of carbonyl (C=O) groups excluding carboxylic acids is 1. The fourth-order valence-electron chi connectivity index (χ4n) is 2.71. The molecule has 0 saturated carbocycles. The van der Waals surface area contributed by atoms with Crippen molar-refractivity contribution in [1.29, 1.82) is 0 Å². The lowest BCUT2D eigenvalue weighted by Gasteiger charge is -2.34. The molecule has 1 heterocycles. The van der Waals surface area contributed by atoms with Gasteiger partial charge in [0.05, 0.1) is 12.2 Å². The summed E-state index contributed by atoms with van der Waals surface area (Å²) in [7, 11) is 0. The van der Waals surface area contributed by atoms with Crippen LogP contribution in [0.1, 0.15) is 24.5 Å². The van der Waals surface area contributed by atoms with Gasteiger partial charge in [0.1, 0.15) is 11.9 Å². The number of aryl methyl sites for hydroxylation is 2. The number of fused-ring (bicyclic) bond motifs is 1. The molecule has 1 unspecified atom stereocenters. The molecule has 0 aromatic heterocycles. The largest absolute Gasteiger partial charge is 0.486 e. The fraction of sp³-hybridized carbons (Fsp3) is 0.316. The van der Waals surface area contributed by atoms with E-state index in [9.17, 15) is 4.79 Å². The molecule has 2 amide bonds. The molecule has 0 spiro atoms. The normalized spacial score (nSPS) is 16.5. The van der Waals surface area contributed by atoms with Gasteiger partial charge in [-0.05, 0) is 55.7 Å². The highest BCUT2D eigenvalue weighted by Crippen LogP contribution is 2.34. The van der Waals surface area contributed by atoms with E-state index in [4.69, 9.17) is 4.74 Å². The summed E-state index contributed by atoms with van der Waals surface area (Å²) < 4.78 is 5.92. The molecule has 1 aliphatic rings. The maximum absolute atomic E-state index is 12.7. The van der Waals surface area contributed by atoms with Gasteiger partial charge < -0.3 is 10.1 Å². The van der Waals surface area contributed by atoms with Gasteiger partial charge >= 0.3 is 6.03 Å². The number of nitrogens with zero attached hydrogens (tertiary/aromatic N) is 1. The van der Waals surface area contributed by atoms with E-state index in [2.05, 4.69) is 19.2 Å². The molecule has 0 bridgehead atoms. The molecule has 4 nitrogen and oxygen atoms in total. The molecule has 120 valence electrons. The van der Waals surface area contributed by atoms with Crippen LogP contribution in [-0.4, -0.2) is 18.7 Å². The van der Waals surface area contributed by atoms with Gasteiger partial charge in [0.15, 0.2) is 0 Å². The first-order chi connectivity index (χ1) is 11.1. The minimum absolute atomic E-state index is 0.0235. The van der Waals surface area contributed by atoms with Gasteiger partial charge in [0.2, 0.25) is 0 Å². The summed E-state index contributed by atoms with van der Waals surface area (Å²) in [5, 5.41) is 3.00. The Morgan fingerprint density at radius 2 is 2.00 bits per heavy atom. The Morgan fingerprint density at radius 3 is 2.74 bits per heavy atom. The van der Waals surface area contributed by atoms with Crippen molar-refractivity contribution in [1.82, 2.24) is 0 Å². The zero-order valence-corrected chi connectivity index (χ0v) is 13.8. The number of rotatable bonds is 2. The molecule has 1 atom stereocenters. The van der Waals surface area contributed by atoms with Gasteiger partial charge in [-0.2, -0.15) is 0 Å². The van der Waals surface area contributed by atoms with E-state index < -0.39 is 0 Å². The van der Waals surface area contributed by atoms with Crippen LogP contribution >= 0.6 is 0 Å². The average molecular weight is 310 g/mol. The molecule has 1 N–H and O–H groups in total. The van der Waals surface area contributed by atoms with Crippen LogP contribution in [0, 0.1) is 13.8 Å². The predicted molar refractivity (Wildman–Crippen MR) is 93.4 cm³/mol. The number of anilines is 2. The second-order valence-electron chi connectivity index (χ2n) is 5.96. The fourth-order valence-corrected chi connectivity index (χ4v) is 2.71. The topological polar surface area (TPSA) is 41.6 Å². The second kappa shape index (κ2) is 6.32. The van der Waals surface area contributed by atoms with E-state index in [1.165, 1.54) is 5.56 Å². The highest BCUT2D eigenvalue weighted by Gasteiger charge is 2.28. The average Bonchev–Trinajstić information content (AvgIpc) is 2.57. The highest BCUT2D eigenvalue weighted by molar-refractivity contribution is 6.03. The van der Waals surface area contributed by atoms with Gasteiger partial charge in [-0.1, -0.05) is 25.1 Å². The SMILES string of the molecule is CCC1CN(C(=O)Nc2ccc(C)c(C)c2)c2ccccc2O1. The summed E-state index contributed by atoms with van der Waals surface area (Å²) in [4.78, 5) is 14.5. The van der Waals surface area contributed by atoms with Gasteiger partial charge in [-0.15, -0.1) is 0 Å². The Morgan fingerprint density at radius 1 is 1.22 bits per heavy atom. The number of amides is 2. The van der Waals surface area contributed by atoms with E-state index in [0.29, 0.717) is 6.54 Å². The predicted octanol–water partition coefficient (Wildman–Crippen LogP) is 4.51. The zero-order valence-electron chi connectivity index (χ0n) is 13.8. The third-order valence-corrected chi connectivity index (χ3v) is 4.29. The van der Waals surface area contributed by atoms with Crippen LogP contribution in [0.15, 0.2) is 42.5 Å². The van der Waals surface area contributed by atoms with E-state index in [0.717, 1.165) is 29.1 Å². The molecule has 3 rings (SSSR count). The molecular formula is C19H22N2O2. The van der Waals surface area contributed by atoms with Crippen LogP contribution in [0.5, 0.6) is 5.75 Å². The Hall–Kier alpha value is -2.49. The van der Waals surface area contributed by atoms with Crippen molar-refractivity contribution in [3.8, 4) is 5.75 Å². The quantitative estimate of drug-likeness (QED) is 0.886. The van der Waals surface area contributed by atoms with E-state index >= 15 is 0 Å². The summed E-state index contributed by atoms with van der Waals surface area (Å²) in [6.45, 7) is 6.73. The number of urea groups is 1. The summed E-state index contributed by atoms with van der Waals surface area (Å²) in [5.74, 6) is 0.765. The van der Waals surface area contributed by atoms with Crippen LogP contribution in [0.4, 0.5) is 16.2 Å². The Kier molecular flexibility index (Phi) is 4.24. The summed E-state index contributed by atoms with van der Waals surface area (Å²) in [5.41, 5.74) is 4.01. The molecule has 0 fully saturated rings. The summed E-state index contributed by atoms with van der Waals surface area (Å²) in [6.07, 6.45) is 0.886. The second-order valence-corrected chi connectivity index (χ2v) is 5.96. The minimum atomic E-state index is -0.123. The van der Waals surface area contributed by atoms with Crippen LogP contribution in [0.3, 0.4) is 0 Å². The first-order valence-corrected chi connectivity index (χ1v) is 8.00. The number of nitrogens with one attached hydrogen (secondary N) is 1. The van der Waals surface area contributed by atoms with Gasteiger partial charge in [-0.25, -0.2) is 4.79 Å². The third kappa shape index (κ3) is 3.16. The van der Waals surface area contributed by atoms with Crippen molar-refractivity contribution in [2.24, 2.45) is 0 Å². The number of para-hydroxylation sites is 2. The van der Waals surface area contributed by atoms with Crippen molar-refractivity contribution in [2.75, 3.05) is 16.8 Å². The van der Waals surface area contributed by atoms with Crippen molar-refractivity contribution >= 4 is 17.4 Å². The van der Waals surface area contributed by atoms with Crippen molar-refractivity contribution < 1.29 is 9.53 Å². The zero-order chi connectivity index (χ0) is 16.4. The third-order valence-electron chi connectivity index (χ3n) is 4.29. The Bertz CT molecular complexity index is 727. The van der Waals surface area contributed by atoms with E-state index in [1.807, 2.05) is 49.4 Å². The monoisotopic (exact) mass is 310 g/mol. The summed E-state index contributed by atoms with van der Waals surface area (Å²) >= 11 is 0. The molecule has 0 saturated heterocycles. The van der Waals surface area contributed by atoms with Crippen LogP contribution < -0.4 is 15.0 Å². The lowest BCUT2D eigenvalue weighted by molar-refractivity contribution is 0.188. The smallest absolute Gasteiger partial charge is 0.326 e. The highest BCUT2D eigenvalue weighted by atomic mass is 16.5. The molecule has 1 aliphatic heterocycles. The van der Waals surface area contributed by atoms with Gasteiger partial charge in [0, 0.05) is 5.69 Å².